The van der Waals surface area contributed by atoms with E-state index in [2.05, 4.69) is 4.98 Å². The number of thiazole rings is 1. The number of aromatic nitrogens is 1. The summed E-state index contributed by atoms with van der Waals surface area (Å²) in [5, 5.41) is 3.06. The topological polar surface area (TPSA) is 31.4 Å². The van der Waals surface area contributed by atoms with Crippen LogP contribution in [0.4, 0.5) is 0 Å². The first-order chi connectivity index (χ1) is 8.15. The van der Waals surface area contributed by atoms with Gasteiger partial charge in [0, 0.05) is 16.6 Å². The summed E-state index contributed by atoms with van der Waals surface area (Å²) >= 11 is 1.64. The Kier molecular flexibility index (Phi) is 3.33. The molecule has 1 aromatic carbocycles. The van der Waals surface area contributed by atoms with Gasteiger partial charge in [0.25, 0.3) is 0 Å². The van der Waals surface area contributed by atoms with Crippen molar-refractivity contribution in [1.29, 1.82) is 0 Å². The van der Waals surface area contributed by atoms with Gasteiger partial charge in [-0.05, 0) is 31.5 Å². The Bertz CT molecular complexity index is 534. The Morgan fingerprint density at radius 1 is 1.06 bits per heavy atom. The Morgan fingerprint density at radius 3 is 2.24 bits per heavy atom. The fourth-order valence-corrected chi connectivity index (χ4v) is 2.57. The van der Waals surface area contributed by atoms with Crippen LogP contribution in [0.1, 0.15) is 11.3 Å². The van der Waals surface area contributed by atoms with Crippen molar-refractivity contribution in [1.82, 2.24) is 4.98 Å². The summed E-state index contributed by atoms with van der Waals surface area (Å²) < 4.78 is 10.6. The van der Waals surface area contributed by atoms with E-state index in [9.17, 15) is 0 Å². The SMILES string of the molecule is COc1cc(C)c(-c2nc(C)cs2)cc1OC. The molecule has 0 aliphatic rings. The molecule has 17 heavy (non-hydrogen) atoms. The van der Waals surface area contributed by atoms with E-state index < -0.39 is 0 Å². The number of aryl methyl sites for hydroxylation is 2. The van der Waals surface area contributed by atoms with Gasteiger partial charge < -0.3 is 9.47 Å². The van der Waals surface area contributed by atoms with Crippen LogP contribution < -0.4 is 9.47 Å². The van der Waals surface area contributed by atoms with Gasteiger partial charge in [0.15, 0.2) is 11.5 Å². The maximum absolute atomic E-state index is 5.31. The Morgan fingerprint density at radius 2 is 1.71 bits per heavy atom. The summed E-state index contributed by atoms with van der Waals surface area (Å²) in [5.74, 6) is 1.49. The lowest BCUT2D eigenvalue weighted by Gasteiger charge is -2.11. The normalized spacial score (nSPS) is 10.4. The number of nitrogens with zero attached hydrogens (tertiary/aromatic N) is 1. The van der Waals surface area contributed by atoms with E-state index in [4.69, 9.17) is 9.47 Å². The molecule has 0 radical (unpaired) electrons. The van der Waals surface area contributed by atoms with E-state index >= 15 is 0 Å². The van der Waals surface area contributed by atoms with Gasteiger partial charge in [0.2, 0.25) is 0 Å². The zero-order chi connectivity index (χ0) is 12.4. The highest BCUT2D eigenvalue weighted by Gasteiger charge is 2.12. The van der Waals surface area contributed by atoms with Crippen molar-refractivity contribution in [2.45, 2.75) is 13.8 Å². The molecule has 4 heteroatoms. The Labute approximate surface area is 105 Å². The van der Waals surface area contributed by atoms with Crippen LogP contribution in [0, 0.1) is 13.8 Å². The highest BCUT2D eigenvalue weighted by atomic mass is 32.1. The van der Waals surface area contributed by atoms with Crippen LogP contribution in [0.5, 0.6) is 11.5 Å². The highest BCUT2D eigenvalue weighted by Crippen LogP contribution is 2.36. The molecule has 0 unspecified atom stereocenters. The number of rotatable bonds is 3. The molecule has 0 N–H and O–H groups in total. The maximum atomic E-state index is 5.31. The van der Waals surface area contributed by atoms with Crippen molar-refractivity contribution in [2.24, 2.45) is 0 Å². The molecule has 1 heterocycles. The fraction of sp³-hybridized carbons (Fsp3) is 0.308. The predicted molar refractivity (Wildman–Crippen MR) is 70.1 cm³/mol. The van der Waals surface area contributed by atoms with Gasteiger partial charge >= 0.3 is 0 Å². The van der Waals surface area contributed by atoms with Crippen molar-refractivity contribution in [3.63, 3.8) is 0 Å². The van der Waals surface area contributed by atoms with Gasteiger partial charge in [-0.1, -0.05) is 0 Å². The fourth-order valence-electron chi connectivity index (χ4n) is 1.69. The minimum atomic E-state index is 0.737. The quantitative estimate of drug-likeness (QED) is 0.835. The van der Waals surface area contributed by atoms with E-state index in [1.54, 1.807) is 25.6 Å². The van der Waals surface area contributed by atoms with Crippen LogP contribution in [-0.4, -0.2) is 19.2 Å². The lowest BCUT2D eigenvalue weighted by molar-refractivity contribution is 0.355. The summed E-state index contributed by atoms with van der Waals surface area (Å²) in [6.45, 7) is 4.05. The first kappa shape index (κ1) is 11.9. The summed E-state index contributed by atoms with van der Waals surface area (Å²) in [6.07, 6.45) is 0. The Hall–Kier alpha value is -1.55. The Balaban J connectivity index is 2.55. The maximum Gasteiger partial charge on any atom is 0.161 e. The van der Waals surface area contributed by atoms with Crippen LogP contribution >= 0.6 is 11.3 Å². The summed E-state index contributed by atoms with van der Waals surface area (Å²) in [5.41, 5.74) is 3.27. The van der Waals surface area contributed by atoms with Crippen LogP contribution in [0.3, 0.4) is 0 Å². The third kappa shape index (κ3) is 2.26. The van der Waals surface area contributed by atoms with Gasteiger partial charge in [0.05, 0.1) is 14.2 Å². The molecule has 0 spiro atoms. The number of benzene rings is 1. The van der Waals surface area contributed by atoms with Crippen molar-refractivity contribution in [3.05, 3.63) is 28.8 Å². The first-order valence-corrected chi connectivity index (χ1v) is 6.18. The second-order valence-electron chi connectivity index (χ2n) is 3.82. The van der Waals surface area contributed by atoms with Crippen molar-refractivity contribution in [3.8, 4) is 22.1 Å². The third-order valence-electron chi connectivity index (χ3n) is 2.58. The smallest absolute Gasteiger partial charge is 0.161 e. The standard InChI is InChI=1S/C13H15NO2S/c1-8-5-11(15-3)12(16-4)6-10(8)13-14-9(2)7-17-13/h5-7H,1-4H3. The summed E-state index contributed by atoms with van der Waals surface area (Å²) in [4.78, 5) is 4.49. The predicted octanol–water partition coefficient (Wildman–Crippen LogP) is 3.44. The van der Waals surface area contributed by atoms with Crippen molar-refractivity contribution in [2.75, 3.05) is 14.2 Å². The highest BCUT2D eigenvalue weighted by molar-refractivity contribution is 7.13. The molecule has 0 aliphatic carbocycles. The molecule has 0 amide bonds. The lowest BCUT2D eigenvalue weighted by atomic mass is 10.1. The van der Waals surface area contributed by atoms with Gasteiger partial charge in [-0.25, -0.2) is 4.98 Å². The van der Waals surface area contributed by atoms with E-state index in [1.807, 2.05) is 31.4 Å². The van der Waals surface area contributed by atoms with Crippen molar-refractivity contribution >= 4 is 11.3 Å². The molecule has 0 saturated heterocycles. The molecular formula is C13H15NO2S. The van der Waals surface area contributed by atoms with Gasteiger partial charge in [-0.3, -0.25) is 0 Å². The minimum absolute atomic E-state index is 0.737. The molecule has 2 rings (SSSR count). The summed E-state index contributed by atoms with van der Waals surface area (Å²) in [7, 11) is 3.29. The molecule has 0 bridgehead atoms. The average molecular weight is 249 g/mol. The number of hydrogen-bond acceptors (Lipinski definition) is 4. The molecule has 3 nitrogen and oxygen atoms in total. The molecule has 0 saturated carbocycles. The molecule has 0 atom stereocenters. The third-order valence-corrected chi connectivity index (χ3v) is 3.57. The minimum Gasteiger partial charge on any atom is -0.493 e. The largest absolute Gasteiger partial charge is 0.493 e. The van der Waals surface area contributed by atoms with E-state index in [1.165, 1.54) is 0 Å². The van der Waals surface area contributed by atoms with E-state index in [-0.39, 0.29) is 0 Å². The van der Waals surface area contributed by atoms with Crippen LogP contribution in [-0.2, 0) is 0 Å². The molecule has 2 aromatic rings. The monoisotopic (exact) mass is 249 g/mol. The van der Waals surface area contributed by atoms with E-state index in [0.717, 1.165) is 33.3 Å². The number of methoxy groups -OCH3 is 2. The average Bonchev–Trinajstić information content (AvgIpc) is 2.75. The second kappa shape index (κ2) is 4.75. The molecule has 1 aromatic heterocycles. The summed E-state index contributed by atoms with van der Waals surface area (Å²) in [6, 6.07) is 3.96. The van der Waals surface area contributed by atoms with Crippen LogP contribution in [0.2, 0.25) is 0 Å². The van der Waals surface area contributed by atoms with Crippen LogP contribution in [0.25, 0.3) is 10.6 Å². The number of hydrogen-bond donors (Lipinski definition) is 0. The first-order valence-electron chi connectivity index (χ1n) is 5.31. The van der Waals surface area contributed by atoms with E-state index in [0.29, 0.717) is 0 Å². The van der Waals surface area contributed by atoms with Gasteiger partial charge in [0.1, 0.15) is 5.01 Å². The number of ether oxygens (including phenoxy) is 2. The second-order valence-corrected chi connectivity index (χ2v) is 4.67. The van der Waals surface area contributed by atoms with Crippen LogP contribution in [0.15, 0.2) is 17.5 Å². The van der Waals surface area contributed by atoms with Gasteiger partial charge in [-0.15, -0.1) is 11.3 Å². The zero-order valence-electron chi connectivity index (χ0n) is 10.4. The molecule has 90 valence electrons. The van der Waals surface area contributed by atoms with Gasteiger partial charge in [-0.2, -0.15) is 0 Å². The zero-order valence-corrected chi connectivity index (χ0v) is 11.2. The lowest BCUT2D eigenvalue weighted by Crippen LogP contribution is -1.93. The molecular weight excluding hydrogens is 234 g/mol. The van der Waals surface area contributed by atoms with Crippen molar-refractivity contribution < 1.29 is 9.47 Å². The molecule has 0 aliphatic heterocycles. The molecule has 0 fully saturated rings.